The van der Waals surface area contributed by atoms with Crippen molar-refractivity contribution in [3.8, 4) is 0 Å². The maximum atomic E-state index is 12.4. The highest BCUT2D eigenvalue weighted by Gasteiger charge is 2.53. The fourth-order valence-electron chi connectivity index (χ4n) is 3.57. The molecule has 2 heterocycles. The van der Waals surface area contributed by atoms with E-state index in [1.54, 1.807) is 12.4 Å². The van der Waals surface area contributed by atoms with Crippen molar-refractivity contribution in [1.82, 2.24) is 10.3 Å². The van der Waals surface area contributed by atoms with Crippen molar-refractivity contribution >= 4 is 17.6 Å². The van der Waals surface area contributed by atoms with Crippen molar-refractivity contribution in [2.24, 2.45) is 5.92 Å². The Morgan fingerprint density at radius 2 is 2.17 bits per heavy atom. The summed E-state index contributed by atoms with van der Waals surface area (Å²) in [5.74, 6) is -0.590. The summed E-state index contributed by atoms with van der Waals surface area (Å²) in [5.41, 5.74) is 0.452. The lowest BCUT2D eigenvalue weighted by molar-refractivity contribution is -0.149. The molecule has 23 heavy (non-hydrogen) atoms. The number of aromatic nitrogens is 1. The normalized spacial score (nSPS) is 22.1. The van der Waals surface area contributed by atoms with Crippen molar-refractivity contribution in [3.05, 3.63) is 24.5 Å². The summed E-state index contributed by atoms with van der Waals surface area (Å²) in [6.07, 6.45) is 8.24. The van der Waals surface area contributed by atoms with E-state index in [1.165, 1.54) is 0 Å². The summed E-state index contributed by atoms with van der Waals surface area (Å²) >= 11 is 0. The SMILES string of the molecule is O=C1CC(C(=O)NCCCNc2cccnc2)C2(CCCC2)O1. The van der Waals surface area contributed by atoms with E-state index >= 15 is 0 Å². The van der Waals surface area contributed by atoms with E-state index in [-0.39, 0.29) is 24.2 Å². The topological polar surface area (TPSA) is 80.3 Å². The molecule has 0 bridgehead atoms. The van der Waals surface area contributed by atoms with Crippen LogP contribution in [0.5, 0.6) is 0 Å². The van der Waals surface area contributed by atoms with Gasteiger partial charge in [-0.3, -0.25) is 14.6 Å². The Bertz CT molecular complexity index is 555. The van der Waals surface area contributed by atoms with Gasteiger partial charge in [0.2, 0.25) is 5.91 Å². The van der Waals surface area contributed by atoms with Gasteiger partial charge >= 0.3 is 5.97 Å². The molecule has 3 rings (SSSR count). The average Bonchev–Trinajstić information content (AvgIpc) is 3.15. The highest BCUT2D eigenvalue weighted by Crippen LogP contribution is 2.45. The van der Waals surface area contributed by atoms with Crippen molar-refractivity contribution < 1.29 is 14.3 Å². The van der Waals surface area contributed by atoms with Gasteiger partial charge in [0.05, 0.1) is 18.0 Å². The molecule has 6 nitrogen and oxygen atoms in total. The van der Waals surface area contributed by atoms with Crippen LogP contribution in [0.4, 0.5) is 5.69 Å². The summed E-state index contributed by atoms with van der Waals surface area (Å²) in [7, 11) is 0. The third-order valence-corrected chi connectivity index (χ3v) is 4.73. The average molecular weight is 317 g/mol. The molecule has 1 aromatic heterocycles. The van der Waals surface area contributed by atoms with Crippen LogP contribution in [0.3, 0.4) is 0 Å². The molecule has 1 unspecified atom stereocenters. The minimum absolute atomic E-state index is 0.0425. The van der Waals surface area contributed by atoms with Gasteiger partial charge < -0.3 is 15.4 Å². The van der Waals surface area contributed by atoms with Gasteiger partial charge in [-0.05, 0) is 44.2 Å². The molecule has 0 radical (unpaired) electrons. The number of anilines is 1. The quantitative estimate of drug-likeness (QED) is 0.618. The Labute approximate surface area is 136 Å². The standard InChI is InChI=1S/C17H23N3O3/c21-15-11-14(17(23-15)6-1-2-7-17)16(22)20-10-4-9-19-13-5-3-8-18-12-13/h3,5,8,12,14,19H,1-2,4,6-7,9-11H2,(H,20,22). The molecule has 1 saturated heterocycles. The van der Waals surface area contributed by atoms with Crippen LogP contribution in [-0.2, 0) is 14.3 Å². The third-order valence-electron chi connectivity index (χ3n) is 4.73. The lowest BCUT2D eigenvalue weighted by atomic mass is 9.85. The Kier molecular flexibility index (Phi) is 4.79. The van der Waals surface area contributed by atoms with Gasteiger partial charge in [0.25, 0.3) is 0 Å². The van der Waals surface area contributed by atoms with E-state index in [0.29, 0.717) is 6.54 Å². The number of carbonyl (C=O) groups is 2. The Hall–Kier alpha value is -2.11. The highest BCUT2D eigenvalue weighted by atomic mass is 16.6. The third kappa shape index (κ3) is 3.63. The van der Waals surface area contributed by atoms with Gasteiger partial charge in [-0.25, -0.2) is 0 Å². The van der Waals surface area contributed by atoms with Gasteiger partial charge in [-0.15, -0.1) is 0 Å². The van der Waals surface area contributed by atoms with Crippen LogP contribution >= 0.6 is 0 Å². The maximum Gasteiger partial charge on any atom is 0.307 e. The summed E-state index contributed by atoms with van der Waals surface area (Å²) in [4.78, 5) is 28.1. The van der Waals surface area contributed by atoms with Gasteiger partial charge in [-0.2, -0.15) is 0 Å². The summed E-state index contributed by atoms with van der Waals surface area (Å²) in [6.45, 7) is 1.35. The summed E-state index contributed by atoms with van der Waals surface area (Å²) < 4.78 is 5.51. The van der Waals surface area contributed by atoms with E-state index in [2.05, 4.69) is 15.6 Å². The van der Waals surface area contributed by atoms with Crippen LogP contribution in [0.25, 0.3) is 0 Å². The molecule has 1 saturated carbocycles. The second-order valence-electron chi connectivity index (χ2n) is 6.32. The maximum absolute atomic E-state index is 12.4. The fraction of sp³-hybridized carbons (Fsp3) is 0.588. The zero-order valence-corrected chi connectivity index (χ0v) is 13.2. The van der Waals surface area contributed by atoms with Gasteiger partial charge in [0.1, 0.15) is 5.60 Å². The van der Waals surface area contributed by atoms with Gasteiger partial charge in [0, 0.05) is 25.5 Å². The molecule has 6 heteroatoms. The number of ether oxygens (including phenoxy) is 1. The number of amides is 1. The Morgan fingerprint density at radius 1 is 1.35 bits per heavy atom. The first kappa shape index (κ1) is 15.8. The van der Waals surface area contributed by atoms with Gasteiger partial charge in [0.15, 0.2) is 0 Å². The van der Waals surface area contributed by atoms with Crippen LogP contribution in [-0.4, -0.2) is 35.6 Å². The summed E-state index contributed by atoms with van der Waals surface area (Å²) in [5, 5.41) is 6.21. The first-order valence-corrected chi connectivity index (χ1v) is 8.33. The Balaban J connectivity index is 1.41. The molecule has 2 aliphatic rings. The first-order chi connectivity index (χ1) is 11.2. The number of esters is 1. The van der Waals surface area contributed by atoms with Crippen molar-refractivity contribution in [2.75, 3.05) is 18.4 Å². The molecular weight excluding hydrogens is 294 g/mol. The molecular formula is C17H23N3O3. The van der Waals surface area contributed by atoms with Crippen molar-refractivity contribution in [3.63, 3.8) is 0 Å². The minimum atomic E-state index is -0.519. The molecule has 1 aromatic rings. The first-order valence-electron chi connectivity index (χ1n) is 8.33. The van der Waals surface area contributed by atoms with E-state index in [4.69, 9.17) is 4.74 Å². The van der Waals surface area contributed by atoms with E-state index in [0.717, 1.165) is 44.3 Å². The van der Waals surface area contributed by atoms with Crippen molar-refractivity contribution in [2.45, 2.75) is 44.1 Å². The van der Waals surface area contributed by atoms with Crippen LogP contribution in [0.2, 0.25) is 0 Å². The molecule has 1 aliphatic heterocycles. The lowest BCUT2D eigenvalue weighted by Crippen LogP contribution is -2.43. The molecule has 1 amide bonds. The second-order valence-corrected chi connectivity index (χ2v) is 6.32. The zero-order chi connectivity index (χ0) is 16.1. The van der Waals surface area contributed by atoms with Crippen LogP contribution in [0.15, 0.2) is 24.5 Å². The monoisotopic (exact) mass is 317 g/mol. The fourth-order valence-corrected chi connectivity index (χ4v) is 3.57. The largest absolute Gasteiger partial charge is 0.458 e. The predicted octanol–water partition coefficient (Wildman–Crippen LogP) is 1.88. The number of carbonyl (C=O) groups excluding carboxylic acids is 2. The number of nitrogens with one attached hydrogen (secondary N) is 2. The van der Waals surface area contributed by atoms with Crippen molar-refractivity contribution in [1.29, 1.82) is 0 Å². The number of hydrogen-bond acceptors (Lipinski definition) is 5. The number of rotatable bonds is 6. The van der Waals surface area contributed by atoms with E-state index < -0.39 is 5.60 Å². The molecule has 2 N–H and O–H groups in total. The molecule has 1 atom stereocenters. The number of pyridine rings is 1. The molecule has 1 spiro atoms. The van der Waals surface area contributed by atoms with Crippen LogP contribution < -0.4 is 10.6 Å². The van der Waals surface area contributed by atoms with Crippen LogP contribution in [0.1, 0.15) is 38.5 Å². The minimum Gasteiger partial charge on any atom is -0.458 e. The lowest BCUT2D eigenvalue weighted by Gasteiger charge is -2.27. The Morgan fingerprint density at radius 3 is 2.91 bits per heavy atom. The smallest absolute Gasteiger partial charge is 0.307 e. The molecule has 124 valence electrons. The predicted molar refractivity (Wildman–Crippen MR) is 85.8 cm³/mol. The molecule has 1 aliphatic carbocycles. The summed E-state index contributed by atoms with van der Waals surface area (Å²) in [6, 6.07) is 3.83. The zero-order valence-electron chi connectivity index (χ0n) is 13.2. The van der Waals surface area contributed by atoms with Crippen LogP contribution in [0, 0.1) is 5.92 Å². The number of nitrogens with zero attached hydrogens (tertiary/aromatic N) is 1. The van der Waals surface area contributed by atoms with Gasteiger partial charge in [-0.1, -0.05) is 0 Å². The molecule has 0 aromatic carbocycles. The van der Waals surface area contributed by atoms with E-state index in [9.17, 15) is 9.59 Å². The second kappa shape index (κ2) is 6.98. The number of hydrogen-bond donors (Lipinski definition) is 2. The van der Waals surface area contributed by atoms with E-state index in [1.807, 2.05) is 12.1 Å². The highest BCUT2D eigenvalue weighted by molar-refractivity contribution is 5.87. The molecule has 2 fully saturated rings.